The summed E-state index contributed by atoms with van der Waals surface area (Å²) in [6, 6.07) is 12.9. The minimum Gasteiger partial charge on any atom is -0.496 e. The van der Waals surface area contributed by atoms with E-state index < -0.39 is 0 Å². The number of thiazole rings is 1. The van der Waals surface area contributed by atoms with Gasteiger partial charge in [-0.2, -0.15) is 0 Å². The van der Waals surface area contributed by atoms with Crippen LogP contribution in [0.3, 0.4) is 0 Å². The molecule has 0 aliphatic carbocycles. The Hall–Kier alpha value is -2.15. The fraction of sp³-hybridized carbons (Fsp3) is 0.263. The van der Waals surface area contributed by atoms with Crippen LogP contribution in [-0.4, -0.2) is 36.0 Å². The van der Waals surface area contributed by atoms with Crippen LogP contribution in [0.25, 0.3) is 10.2 Å². The predicted molar refractivity (Wildman–Crippen MR) is 107 cm³/mol. The Kier molecular flexibility index (Phi) is 5.76. The van der Waals surface area contributed by atoms with E-state index >= 15 is 0 Å². The lowest BCUT2D eigenvalue weighted by molar-refractivity contribution is -0.120. The van der Waals surface area contributed by atoms with E-state index in [1.807, 2.05) is 55.3 Å². The number of benzene rings is 2. The van der Waals surface area contributed by atoms with Gasteiger partial charge in [-0.1, -0.05) is 35.1 Å². The molecule has 3 rings (SSSR count). The third kappa shape index (κ3) is 4.15. The monoisotopic (exact) mass is 389 g/mol. The highest BCUT2D eigenvalue weighted by Crippen LogP contribution is 2.26. The Morgan fingerprint density at radius 1 is 1.35 bits per heavy atom. The number of ether oxygens (including phenoxy) is 1. The van der Waals surface area contributed by atoms with Crippen molar-refractivity contribution in [1.29, 1.82) is 0 Å². The predicted octanol–water partition coefficient (Wildman–Crippen LogP) is 4.42. The summed E-state index contributed by atoms with van der Waals surface area (Å²) in [5.74, 6) is 0.646. The highest BCUT2D eigenvalue weighted by atomic mass is 35.5. The minimum atomic E-state index is -0.342. The summed E-state index contributed by atoms with van der Waals surface area (Å²) in [5.41, 5.74) is 1.82. The minimum absolute atomic E-state index is 0.104. The molecule has 5 nitrogen and oxygen atoms in total. The molecular weight excluding hydrogens is 370 g/mol. The van der Waals surface area contributed by atoms with Gasteiger partial charge in [0.1, 0.15) is 5.75 Å². The molecule has 0 fully saturated rings. The highest BCUT2D eigenvalue weighted by Gasteiger charge is 2.20. The second kappa shape index (κ2) is 8.03. The number of anilines is 1. The number of halogens is 1. The largest absolute Gasteiger partial charge is 0.496 e. The number of hydrogen-bond acceptors (Lipinski definition) is 5. The Morgan fingerprint density at radius 3 is 2.85 bits per heavy atom. The molecule has 2 aromatic carbocycles. The van der Waals surface area contributed by atoms with Crippen molar-refractivity contribution in [3.63, 3.8) is 0 Å². The smallest absolute Gasteiger partial charge is 0.243 e. The number of fused-ring (bicyclic) bond motifs is 1. The van der Waals surface area contributed by atoms with Crippen molar-refractivity contribution in [3.8, 4) is 5.75 Å². The molecule has 0 bridgehead atoms. The lowest BCUT2D eigenvalue weighted by Crippen LogP contribution is -2.39. The second-order valence-electron chi connectivity index (χ2n) is 6.02. The molecule has 1 heterocycles. The number of rotatable bonds is 6. The summed E-state index contributed by atoms with van der Waals surface area (Å²) in [7, 11) is 3.51. The number of para-hydroxylation sites is 1. The van der Waals surface area contributed by atoms with Gasteiger partial charge in [-0.25, -0.2) is 4.98 Å². The van der Waals surface area contributed by atoms with E-state index in [0.717, 1.165) is 21.5 Å². The van der Waals surface area contributed by atoms with E-state index in [1.54, 1.807) is 13.2 Å². The molecule has 1 aromatic heterocycles. The van der Waals surface area contributed by atoms with Gasteiger partial charge < -0.3 is 10.1 Å². The van der Waals surface area contributed by atoms with Crippen molar-refractivity contribution < 1.29 is 9.53 Å². The Labute approximate surface area is 161 Å². The van der Waals surface area contributed by atoms with Crippen molar-refractivity contribution in [2.45, 2.75) is 19.5 Å². The molecule has 1 atom stereocenters. The molecule has 1 unspecified atom stereocenters. The van der Waals surface area contributed by atoms with Crippen LogP contribution in [-0.2, 0) is 11.3 Å². The van der Waals surface area contributed by atoms with Crippen LogP contribution in [0.4, 0.5) is 5.13 Å². The van der Waals surface area contributed by atoms with E-state index in [2.05, 4.69) is 10.3 Å². The number of aromatic nitrogens is 1. The first-order valence-electron chi connectivity index (χ1n) is 8.17. The fourth-order valence-corrected chi connectivity index (χ4v) is 3.68. The van der Waals surface area contributed by atoms with Crippen molar-refractivity contribution in [2.75, 3.05) is 19.5 Å². The van der Waals surface area contributed by atoms with E-state index in [-0.39, 0.29) is 11.9 Å². The molecule has 26 heavy (non-hydrogen) atoms. The number of nitrogens with one attached hydrogen (secondary N) is 1. The molecular formula is C19H20ClN3O2S. The maximum atomic E-state index is 12.6. The normalized spacial score (nSPS) is 12.3. The Bertz CT molecular complexity index is 895. The highest BCUT2D eigenvalue weighted by molar-refractivity contribution is 7.22. The van der Waals surface area contributed by atoms with Gasteiger partial charge in [0.15, 0.2) is 5.13 Å². The maximum Gasteiger partial charge on any atom is 0.243 e. The van der Waals surface area contributed by atoms with Gasteiger partial charge in [-0.05, 0) is 44.3 Å². The first-order valence-corrected chi connectivity index (χ1v) is 9.36. The SMILES string of the molecule is COc1ccc(Cl)cc1CN(C)C(C)C(=O)Nc1nc2ccccc2s1. The zero-order chi connectivity index (χ0) is 18.7. The third-order valence-corrected chi connectivity index (χ3v) is 5.41. The Balaban J connectivity index is 1.68. The third-order valence-electron chi connectivity index (χ3n) is 4.23. The number of nitrogens with zero attached hydrogens (tertiary/aromatic N) is 2. The average Bonchev–Trinajstić information content (AvgIpc) is 3.03. The van der Waals surface area contributed by atoms with E-state index in [1.165, 1.54) is 11.3 Å². The summed E-state index contributed by atoms with van der Waals surface area (Å²) in [4.78, 5) is 19.0. The Morgan fingerprint density at radius 2 is 2.12 bits per heavy atom. The van der Waals surface area contributed by atoms with Crippen LogP contribution in [0.1, 0.15) is 12.5 Å². The topological polar surface area (TPSA) is 54.5 Å². The van der Waals surface area contributed by atoms with Crippen molar-refractivity contribution in [1.82, 2.24) is 9.88 Å². The maximum absolute atomic E-state index is 12.6. The van der Waals surface area contributed by atoms with E-state index in [9.17, 15) is 4.79 Å². The quantitative estimate of drug-likeness (QED) is 0.678. The van der Waals surface area contributed by atoms with Gasteiger partial charge in [0.05, 0.1) is 23.4 Å². The van der Waals surface area contributed by atoms with E-state index in [0.29, 0.717) is 16.7 Å². The number of carbonyl (C=O) groups is 1. The van der Waals surface area contributed by atoms with Crippen LogP contribution in [0, 0.1) is 0 Å². The number of methoxy groups -OCH3 is 1. The molecule has 1 N–H and O–H groups in total. The first kappa shape index (κ1) is 18.6. The fourth-order valence-electron chi connectivity index (χ4n) is 2.61. The number of carbonyl (C=O) groups excluding carboxylic acids is 1. The first-order chi connectivity index (χ1) is 12.5. The number of likely N-dealkylation sites (N-methyl/N-ethyl adjacent to an activating group) is 1. The molecule has 0 saturated carbocycles. The zero-order valence-corrected chi connectivity index (χ0v) is 16.4. The van der Waals surface area contributed by atoms with Crippen LogP contribution < -0.4 is 10.1 Å². The van der Waals surface area contributed by atoms with Crippen LogP contribution >= 0.6 is 22.9 Å². The molecule has 7 heteroatoms. The zero-order valence-electron chi connectivity index (χ0n) is 14.8. The van der Waals surface area contributed by atoms with Gasteiger partial charge in [-0.15, -0.1) is 0 Å². The summed E-state index contributed by atoms with van der Waals surface area (Å²) in [6.45, 7) is 2.40. The molecule has 0 aliphatic rings. The molecule has 3 aromatic rings. The van der Waals surface area contributed by atoms with E-state index in [4.69, 9.17) is 16.3 Å². The molecule has 0 radical (unpaired) electrons. The summed E-state index contributed by atoms with van der Waals surface area (Å²) in [6.07, 6.45) is 0. The van der Waals surface area contributed by atoms with Crippen LogP contribution in [0.5, 0.6) is 5.75 Å². The molecule has 136 valence electrons. The molecule has 0 saturated heterocycles. The van der Waals surface area contributed by atoms with Crippen LogP contribution in [0.15, 0.2) is 42.5 Å². The van der Waals surface area contributed by atoms with Gasteiger partial charge in [-0.3, -0.25) is 9.69 Å². The lowest BCUT2D eigenvalue weighted by atomic mass is 10.1. The molecule has 1 amide bonds. The van der Waals surface area contributed by atoms with Gasteiger partial charge in [0, 0.05) is 17.1 Å². The second-order valence-corrected chi connectivity index (χ2v) is 7.49. The van der Waals surface area contributed by atoms with Crippen LogP contribution in [0.2, 0.25) is 5.02 Å². The lowest BCUT2D eigenvalue weighted by Gasteiger charge is -2.24. The molecule has 0 spiro atoms. The summed E-state index contributed by atoms with van der Waals surface area (Å²) < 4.78 is 6.43. The molecule has 0 aliphatic heterocycles. The van der Waals surface area contributed by atoms with Gasteiger partial charge in [0.25, 0.3) is 0 Å². The van der Waals surface area contributed by atoms with Crippen molar-refractivity contribution in [2.24, 2.45) is 0 Å². The van der Waals surface area contributed by atoms with Crippen molar-refractivity contribution in [3.05, 3.63) is 53.1 Å². The van der Waals surface area contributed by atoms with Gasteiger partial charge in [0.2, 0.25) is 5.91 Å². The standard InChI is InChI=1S/C19H20ClN3O2S/c1-12(23(2)11-13-10-14(20)8-9-16(13)25-3)18(24)22-19-21-15-6-4-5-7-17(15)26-19/h4-10,12H,11H2,1-3H3,(H,21,22,24). The number of hydrogen-bond donors (Lipinski definition) is 1. The average molecular weight is 390 g/mol. The van der Waals surface area contributed by atoms with Crippen molar-refractivity contribution >= 4 is 44.2 Å². The summed E-state index contributed by atoms with van der Waals surface area (Å²) >= 11 is 7.55. The van der Waals surface area contributed by atoms with Gasteiger partial charge >= 0.3 is 0 Å². The number of amides is 1. The summed E-state index contributed by atoms with van der Waals surface area (Å²) in [5, 5.41) is 4.16.